The monoisotopic (exact) mass is 472 g/mol. The molecule has 0 aliphatic rings. The molecule has 2 aromatic rings. The Labute approximate surface area is 171 Å². The first kappa shape index (κ1) is 21.8. The van der Waals surface area contributed by atoms with Gasteiger partial charge < -0.3 is 24.8 Å². The van der Waals surface area contributed by atoms with E-state index in [1.807, 2.05) is 36.4 Å². The third-order valence-electron chi connectivity index (χ3n) is 3.56. The fourth-order valence-electron chi connectivity index (χ4n) is 2.24. The lowest BCUT2D eigenvalue weighted by Crippen LogP contribution is -2.36. The molecule has 7 nitrogen and oxygen atoms in total. The van der Waals surface area contributed by atoms with Gasteiger partial charge in [0.1, 0.15) is 0 Å². The maximum absolute atomic E-state index is 5.32. The molecule has 0 aliphatic carbocycles. The molecule has 26 heavy (non-hydrogen) atoms. The van der Waals surface area contributed by atoms with Crippen molar-refractivity contribution in [2.24, 2.45) is 4.99 Å². The number of rotatable bonds is 7. The molecular weight excluding hydrogens is 447 g/mol. The van der Waals surface area contributed by atoms with E-state index in [0.717, 1.165) is 11.3 Å². The molecule has 1 aromatic carbocycles. The second kappa shape index (κ2) is 11.4. The number of nitrogens with one attached hydrogen (secondary N) is 2. The van der Waals surface area contributed by atoms with Crippen molar-refractivity contribution in [3.63, 3.8) is 0 Å². The van der Waals surface area contributed by atoms with E-state index in [9.17, 15) is 0 Å². The molecule has 0 atom stereocenters. The normalized spacial score (nSPS) is 10.5. The fraction of sp³-hybridized carbons (Fsp3) is 0.333. The molecule has 0 unspecified atom stereocenters. The first-order valence-corrected chi connectivity index (χ1v) is 7.85. The summed E-state index contributed by atoms with van der Waals surface area (Å²) in [6.45, 7) is 1.15. The Bertz CT molecular complexity index is 725. The third-order valence-corrected chi connectivity index (χ3v) is 3.56. The van der Waals surface area contributed by atoms with Crippen molar-refractivity contribution in [1.82, 2.24) is 15.6 Å². The maximum atomic E-state index is 5.32. The van der Waals surface area contributed by atoms with Crippen LogP contribution in [0.25, 0.3) is 0 Å². The molecule has 2 N–H and O–H groups in total. The molecular formula is C18H25IN4O3. The molecule has 8 heteroatoms. The van der Waals surface area contributed by atoms with Crippen molar-refractivity contribution in [2.45, 2.75) is 13.1 Å². The number of pyridine rings is 1. The molecule has 1 heterocycles. The largest absolute Gasteiger partial charge is 0.493 e. The summed E-state index contributed by atoms with van der Waals surface area (Å²) in [4.78, 5) is 8.58. The quantitative estimate of drug-likeness (QED) is 0.367. The lowest BCUT2D eigenvalue weighted by atomic mass is 10.2. The van der Waals surface area contributed by atoms with Crippen LogP contribution in [0, 0.1) is 0 Å². The lowest BCUT2D eigenvalue weighted by molar-refractivity contribution is 0.354. The average molecular weight is 472 g/mol. The van der Waals surface area contributed by atoms with E-state index in [0.29, 0.717) is 36.4 Å². The number of guanidine groups is 1. The van der Waals surface area contributed by atoms with Gasteiger partial charge in [0.15, 0.2) is 17.5 Å². The highest BCUT2D eigenvalue weighted by Crippen LogP contribution is 2.27. The Morgan fingerprint density at radius 3 is 2.35 bits per heavy atom. The van der Waals surface area contributed by atoms with Crippen LogP contribution in [0.5, 0.6) is 17.4 Å². The zero-order valence-electron chi connectivity index (χ0n) is 15.4. The molecule has 1 aromatic heterocycles. The Balaban J connectivity index is 0.00000338. The van der Waals surface area contributed by atoms with Gasteiger partial charge in [-0.05, 0) is 23.8 Å². The van der Waals surface area contributed by atoms with E-state index in [1.54, 1.807) is 28.4 Å². The van der Waals surface area contributed by atoms with Gasteiger partial charge in [0.05, 0.1) is 33.6 Å². The summed E-state index contributed by atoms with van der Waals surface area (Å²) < 4.78 is 15.7. The number of methoxy groups -OCH3 is 3. The number of nitrogens with zero attached hydrogens (tertiary/aromatic N) is 2. The fourth-order valence-corrected chi connectivity index (χ4v) is 2.24. The molecule has 0 fully saturated rings. The molecule has 2 rings (SSSR count). The number of aliphatic imine (C=N–C) groups is 1. The Morgan fingerprint density at radius 2 is 1.69 bits per heavy atom. The minimum Gasteiger partial charge on any atom is -0.493 e. The zero-order chi connectivity index (χ0) is 18.1. The minimum atomic E-state index is 0. The smallest absolute Gasteiger partial charge is 0.213 e. The minimum absolute atomic E-state index is 0. The Hall–Kier alpha value is -2.23. The van der Waals surface area contributed by atoms with Crippen molar-refractivity contribution in [3.05, 3.63) is 47.7 Å². The highest BCUT2D eigenvalue weighted by molar-refractivity contribution is 14.0. The topological polar surface area (TPSA) is 77.0 Å². The maximum Gasteiger partial charge on any atom is 0.213 e. The van der Waals surface area contributed by atoms with Gasteiger partial charge >= 0.3 is 0 Å². The molecule has 0 amide bonds. The molecule has 0 saturated carbocycles. The lowest BCUT2D eigenvalue weighted by Gasteiger charge is -2.13. The van der Waals surface area contributed by atoms with E-state index in [2.05, 4.69) is 20.6 Å². The molecule has 0 bridgehead atoms. The number of ether oxygens (including phenoxy) is 3. The van der Waals surface area contributed by atoms with Crippen LogP contribution in [-0.4, -0.2) is 39.3 Å². The summed E-state index contributed by atoms with van der Waals surface area (Å²) in [5.41, 5.74) is 1.92. The van der Waals surface area contributed by atoms with E-state index >= 15 is 0 Å². The van der Waals surface area contributed by atoms with E-state index < -0.39 is 0 Å². The summed E-state index contributed by atoms with van der Waals surface area (Å²) in [5, 5.41) is 6.48. The molecule has 0 aliphatic heterocycles. The van der Waals surface area contributed by atoms with Crippen LogP contribution < -0.4 is 24.8 Å². The van der Waals surface area contributed by atoms with Crippen LogP contribution >= 0.6 is 24.0 Å². The highest BCUT2D eigenvalue weighted by atomic mass is 127. The van der Waals surface area contributed by atoms with Gasteiger partial charge in [0.2, 0.25) is 5.88 Å². The zero-order valence-corrected chi connectivity index (χ0v) is 17.7. The summed E-state index contributed by atoms with van der Waals surface area (Å²) in [7, 11) is 6.57. The number of hydrogen-bond donors (Lipinski definition) is 2. The van der Waals surface area contributed by atoms with Gasteiger partial charge in [-0.15, -0.1) is 24.0 Å². The number of aromatic nitrogens is 1. The van der Waals surface area contributed by atoms with Crippen LogP contribution in [0.3, 0.4) is 0 Å². The molecule has 142 valence electrons. The summed E-state index contributed by atoms with van der Waals surface area (Å²) in [6, 6.07) is 11.4. The van der Waals surface area contributed by atoms with Crippen molar-refractivity contribution < 1.29 is 14.2 Å². The van der Waals surface area contributed by atoms with E-state index in [1.165, 1.54) is 0 Å². The molecule has 0 saturated heterocycles. The van der Waals surface area contributed by atoms with Crippen LogP contribution in [-0.2, 0) is 13.1 Å². The van der Waals surface area contributed by atoms with Gasteiger partial charge in [-0.2, -0.15) is 0 Å². The average Bonchev–Trinajstić information content (AvgIpc) is 2.68. The SMILES string of the molecule is CN=C(NCc1ccc(OC)c(OC)c1)NCc1cccc(OC)n1.I. The van der Waals surface area contributed by atoms with Gasteiger partial charge in [0, 0.05) is 19.7 Å². The predicted octanol–water partition coefficient (Wildman–Crippen LogP) is 2.59. The summed E-state index contributed by atoms with van der Waals surface area (Å²) in [5.74, 6) is 2.68. The van der Waals surface area contributed by atoms with Crippen molar-refractivity contribution in [2.75, 3.05) is 28.4 Å². The molecule has 0 spiro atoms. The van der Waals surface area contributed by atoms with Crippen LogP contribution in [0.15, 0.2) is 41.4 Å². The first-order valence-electron chi connectivity index (χ1n) is 7.85. The molecule has 0 radical (unpaired) electrons. The van der Waals surface area contributed by atoms with Crippen molar-refractivity contribution >= 4 is 29.9 Å². The third kappa shape index (κ3) is 6.25. The number of hydrogen-bond acceptors (Lipinski definition) is 5. The van der Waals surface area contributed by atoms with Gasteiger partial charge in [0.25, 0.3) is 0 Å². The van der Waals surface area contributed by atoms with Crippen LogP contribution in [0.4, 0.5) is 0 Å². The van der Waals surface area contributed by atoms with E-state index in [-0.39, 0.29) is 24.0 Å². The van der Waals surface area contributed by atoms with Gasteiger partial charge in [-0.1, -0.05) is 12.1 Å². The van der Waals surface area contributed by atoms with Crippen LogP contribution in [0.2, 0.25) is 0 Å². The number of halogens is 1. The second-order valence-electron chi connectivity index (χ2n) is 5.14. The standard InChI is InChI=1S/C18H24N4O3.HI/c1-19-18(21-12-14-6-5-7-17(22-14)25-4)20-11-13-8-9-15(23-2)16(10-13)24-3;/h5-10H,11-12H2,1-4H3,(H2,19,20,21);1H. The summed E-state index contributed by atoms with van der Waals surface area (Å²) in [6.07, 6.45) is 0. The number of benzene rings is 1. The highest BCUT2D eigenvalue weighted by Gasteiger charge is 2.06. The summed E-state index contributed by atoms with van der Waals surface area (Å²) >= 11 is 0. The Morgan fingerprint density at radius 1 is 0.962 bits per heavy atom. The van der Waals surface area contributed by atoms with Crippen LogP contribution in [0.1, 0.15) is 11.3 Å². The second-order valence-corrected chi connectivity index (χ2v) is 5.14. The van der Waals surface area contributed by atoms with Crippen molar-refractivity contribution in [3.8, 4) is 17.4 Å². The Kier molecular flexibility index (Phi) is 9.56. The van der Waals surface area contributed by atoms with E-state index in [4.69, 9.17) is 14.2 Å². The predicted molar refractivity (Wildman–Crippen MR) is 113 cm³/mol. The van der Waals surface area contributed by atoms with Gasteiger partial charge in [-0.25, -0.2) is 4.98 Å². The first-order chi connectivity index (χ1) is 12.2. The van der Waals surface area contributed by atoms with Crippen molar-refractivity contribution in [1.29, 1.82) is 0 Å². The van der Waals surface area contributed by atoms with Gasteiger partial charge in [-0.3, -0.25) is 4.99 Å².